The van der Waals surface area contributed by atoms with Crippen LogP contribution in [0.3, 0.4) is 0 Å². The first-order valence-electron chi connectivity index (χ1n) is 9.62. The molecule has 7 heteroatoms. The molecule has 2 N–H and O–H groups in total. The van der Waals surface area contributed by atoms with Gasteiger partial charge < -0.3 is 10.6 Å². The average Bonchev–Trinajstić information content (AvgIpc) is 3.43. The van der Waals surface area contributed by atoms with Gasteiger partial charge in [-0.3, -0.25) is 9.59 Å². The predicted molar refractivity (Wildman–Crippen MR) is 126 cm³/mol. The number of aromatic nitrogens is 1. The number of nitrogens with zero attached hydrogens (tertiary/aromatic N) is 1. The number of nitrogens with one attached hydrogen (secondary N) is 2. The number of rotatable bonds is 4. The van der Waals surface area contributed by atoms with Gasteiger partial charge in [0.2, 0.25) is 0 Å². The van der Waals surface area contributed by atoms with Gasteiger partial charge in [-0.2, -0.15) is 0 Å². The second-order valence-corrected chi connectivity index (χ2v) is 8.86. The van der Waals surface area contributed by atoms with Crippen LogP contribution in [0.25, 0.3) is 22.4 Å². The summed E-state index contributed by atoms with van der Waals surface area (Å²) in [6.45, 7) is 0.535. The molecule has 0 radical (unpaired) electrons. The Bertz CT molecular complexity index is 1300. The number of hydrogen-bond acceptors (Lipinski definition) is 4. The van der Waals surface area contributed by atoms with E-state index in [1.807, 2.05) is 72.1 Å². The lowest BCUT2D eigenvalue weighted by Crippen LogP contribution is -2.12. The van der Waals surface area contributed by atoms with Crippen molar-refractivity contribution in [2.45, 2.75) is 6.54 Å². The van der Waals surface area contributed by atoms with Gasteiger partial charge in [-0.1, -0.05) is 52.3 Å². The first-order chi connectivity index (χ1) is 15.1. The molecule has 0 fully saturated rings. The van der Waals surface area contributed by atoms with Crippen molar-refractivity contribution in [2.75, 3.05) is 5.32 Å². The van der Waals surface area contributed by atoms with Gasteiger partial charge in [0.05, 0.1) is 5.69 Å². The van der Waals surface area contributed by atoms with Crippen molar-refractivity contribution >= 4 is 44.8 Å². The van der Waals surface area contributed by atoms with E-state index in [-0.39, 0.29) is 11.8 Å². The molecule has 0 atom stereocenters. The van der Waals surface area contributed by atoms with Crippen molar-refractivity contribution in [1.29, 1.82) is 0 Å². The van der Waals surface area contributed by atoms with Crippen molar-refractivity contribution in [2.24, 2.45) is 0 Å². The lowest BCUT2D eigenvalue weighted by Gasteiger charge is -2.09. The number of hydrogen-bond donors (Lipinski definition) is 2. The third-order valence-corrected chi connectivity index (χ3v) is 6.51. The Hall–Kier alpha value is -3.29. The van der Waals surface area contributed by atoms with E-state index in [0.29, 0.717) is 17.2 Å². The summed E-state index contributed by atoms with van der Waals surface area (Å²) in [6.07, 6.45) is 0. The number of thiazole rings is 1. The monoisotopic (exact) mass is 489 g/mol. The molecule has 0 saturated carbocycles. The van der Waals surface area contributed by atoms with Crippen LogP contribution in [-0.2, 0) is 6.54 Å². The van der Waals surface area contributed by atoms with Crippen molar-refractivity contribution in [1.82, 2.24) is 10.3 Å². The molecule has 2 heterocycles. The first-order valence-corrected chi connectivity index (χ1v) is 11.3. The number of benzene rings is 3. The van der Waals surface area contributed by atoms with E-state index >= 15 is 0 Å². The summed E-state index contributed by atoms with van der Waals surface area (Å²) in [7, 11) is 0. The van der Waals surface area contributed by atoms with E-state index in [0.717, 1.165) is 38.0 Å². The minimum Gasteiger partial charge on any atom is -0.348 e. The summed E-state index contributed by atoms with van der Waals surface area (Å²) >= 11 is 4.74. The van der Waals surface area contributed by atoms with Crippen LogP contribution in [0.4, 0.5) is 5.69 Å². The van der Waals surface area contributed by atoms with Gasteiger partial charge >= 0.3 is 0 Å². The average molecular weight is 490 g/mol. The zero-order valence-corrected chi connectivity index (χ0v) is 18.6. The molecular weight excluding hydrogens is 474 g/mol. The SMILES string of the molecule is O=C(Nc1ccc(-c2cccc3c2CNC3=O)cc1)c1nc(-c2ccc(Br)cc2)cs1. The molecule has 1 aliphatic heterocycles. The molecule has 0 spiro atoms. The van der Waals surface area contributed by atoms with Crippen LogP contribution in [0.1, 0.15) is 25.7 Å². The highest BCUT2D eigenvalue weighted by Gasteiger charge is 2.21. The van der Waals surface area contributed by atoms with Crippen molar-refractivity contribution in [3.63, 3.8) is 0 Å². The second kappa shape index (κ2) is 8.09. The Balaban J connectivity index is 1.32. The lowest BCUT2D eigenvalue weighted by atomic mass is 9.97. The predicted octanol–water partition coefficient (Wildman–Crippen LogP) is 5.74. The first kappa shape index (κ1) is 19.7. The summed E-state index contributed by atoms with van der Waals surface area (Å²) in [5.74, 6) is -0.275. The molecule has 0 aliphatic carbocycles. The molecule has 0 bridgehead atoms. The van der Waals surface area contributed by atoms with Gasteiger partial charge in [-0.25, -0.2) is 4.98 Å². The second-order valence-electron chi connectivity index (χ2n) is 7.09. The molecule has 2 amide bonds. The molecule has 31 heavy (non-hydrogen) atoms. The number of anilines is 1. The third-order valence-electron chi connectivity index (χ3n) is 5.14. The standard InChI is InChI=1S/C24H16BrN3O2S/c25-16-8-4-15(5-9-16)21-13-31-24(28-21)23(30)27-17-10-6-14(7-11-17)18-2-1-3-19-20(18)12-26-22(19)29/h1-11,13H,12H2,(H,26,29)(H,27,30). The molecule has 1 aliphatic rings. The van der Waals surface area contributed by atoms with Gasteiger partial charge in [-0.15, -0.1) is 11.3 Å². The molecule has 5 rings (SSSR count). The van der Waals surface area contributed by atoms with Crippen LogP contribution >= 0.6 is 27.3 Å². The molecular formula is C24H16BrN3O2S. The van der Waals surface area contributed by atoms with E-state index in [4.69, 9.17) is 0 Å². The summed E-state index contributed by atoms with van der Waals surface area (Å²) in [6, 6.07) is 21.2. The molecule has 0 unspecified atom stereocenters. The van der Waals surface area contributed by atoms with E-state index in [1.54, 1.807) is 0 Å². The number of amides is 2. The minimum absolute atomic E-state index is 0.0355. The van der Waals surface area contributed by atoms with E-state index < -0.39 is 0 Å². The highest BCUT2D eigenvalue weighted by Crippen LogP contribution is 2.30. The van der Waals surface area contributed by atoms with Crippen LogP contribution in [0.15, 0.2) is 76.6 Å². The highest BCUT2D eigenvalue weighted by molar-refractivity contribution is 9.10. The highest BCUT2D eigenvalue weighted by atomic mass is 79.9. The molecule has 0 saturated heterocycles. The third kappa shape index (κ3) is 3.89. The van der Waals surface area contributed by atoms with Gasteiger partial charge in [-0.05, 0) is 47.0 Å². The molecule has 4 aromatic rings. The zero-order chi connectivity index (χ0) is 21.4. The quantitative estimate of drug-likeness (QED) is 0.384. The van der Waals surface area contributed by atoms with E-state index in [2.05, 4.69) is 31.5 Å². The zero-order valence-electron chi connectivity index (χ0n) is 16.2. The fourth-order valence-electron chi connectivity index (χ4n) is 3.57. The van der Waals surface area contributed by atoms with E-state index in [9.17, 15) is 9.59 Å². The lowest BCUT2D eigenvalue weighted by molar-refractivity contribution is 0.0964. The topological polar surface area (TPSA) is 71.1 Å². The van der Waals surface area contributed by atoms with Gasteiger partial charge in [0, 0.05) is 33.2 Å². The number of halogens is 1. The Morgan fingerprint density at radius 2 is 1.68 bits per heavy atom. The Morgan fingerprint density at radius 3 is 2.45 bits per heavy atom. The van der Waals surface area contributed by atoms with Crippen molar-refractivity contribution < 1.29 is 9.59 Å². The summed E-state index contributed by atoms with van der Waals surface area (Å²) in [5.41, 5.74) is 6.18. The fourth-order valence-corrected chi connectivity index (χ4v) is 4.56. The molecule has 3 aromatic carbocycles. The van der Waals surface area contributed by atoms with Crippen LogP contribution in [0.5, 0.6) is 0 Å². The Kier molecular flexibility index (Phi) is 5.13. The van der Waals surface area contributed by atoms with Gasteiger partial charge in [0.25, 0.3) is 11.8 Å². The Morgan fingerprint density at radius 1 is 0.968 bits per heavy atom. The van der Waals surface area contributed by atoms with Crippen LogP contribution in [-0.4, -0.2) is 16.8 Å². The van der Waals surface area contributed by atoms with E-state index in [1.165, 1.54) is 11.3 Å². The summed E-state index contributed by atoms with van der Waals surface area (Å²) in [5, 5.41) is 8.06. The summed E-state index contributed by atoms with van der Waals surface area (Å²) in [4.78, 5) is 29.0. The van der Waals surface area contributed by atoms with Crippen LogP contribution < -0.4 is 10.6 Å². The van der Waals surface area contributed by atoms with Crippen LogP contribution in [0, 0.1) is 0 Å². The normalized spacial score (nSPS) is 12.4. The number of fused-ring (bicyclic) bond motifs is 1. The maximum atomic E-state index is 12.6. The van der Waals surface area contributed by atoms with Gasteiger partial charge in [0.15, 0.2) is 5.01 Å². The molecule has 152 valence electrons. The van der Waals surface area contributed by atoms with Gasteiger partial charge in [0.1, 0.15) is 0 Å². The fraction of sp³-hybridized carbons (Fsp3) is 0.0417. The van der Waals surface area contributed by atoms with Crippen molar-refractivity contribution in [3.05, 3.63) is 92.7 Å². The smallest absolute Gasteiger partial charge is 0.284 e. The number of carbonyl (C=O) groups excluding carboxylic acids is 2. The Labute approximate surface area is 191 Å². The largest absolute Gasteiger partial charge is 0.348 e. The van der Waals surface area contributed by atoms with Crippen LogP contribution in [0.2, 0.25) is 0 Å². The number of carbonyl (C=O) groups is 2. The summed E-state index contributed by atoms with van der Waals surface area (Å²) < 4.78 is 0.996. The maximum Gasteiger partial charge on any atom is 0.284 e. The molecule has 5 nitrogen and oxygen atoms in total. The van der Waals surface area contributed by atoms with Crippen molar-refractivity contribution in [3.8, 4) is 22.4 Å². The maximum absolute atomic E-state index is 12.6. The molecule has 1 aromatic heterocycles. The minimum atomic E-state index is -0.239.